The van der Waals surface area contributed by atoms with E-state index < -0.39 is 0 Å². The quantitative estimate of drug-likeness (QED) is 0.718. The van der Waals surface area contributed by atoms with Gasteiger partial charge in [-0.1, -0.05) is 6.07 Å². The predicted octanol–water partition coefficient (Wildman–Crippen LogP) is 3.68. The molecule has 0 unspecified atom stereocenters. The molecular weight excluding hydrogens is 210 g/mol. The smallest absolute Gasteiger partial charge is 0.0724 e. The summed E-state index contributed by atoms with van der Waals surface area (Å²) >= 11 is 3.53. The molecule has 0 radical (unpaired) electrons. The Labute approximate surface area is 92.3 Å². The molecule has 1 nitrogen and oxygen atoms in total. The van der Waals surface area contributed by atoms with Gasteiger partial charge in [-0.2, -0.15) is 0 Å². The normalized spacial score (nSPS) is 10.7. The summed E-state index contributed by atoms with van der Waals surface area (Å²) in [7, 11) is 0. The number of aromatic nitrogens is 1. The molecule has 1 aromatic carbocycles. The van der Waals surface area contributed by atoms with Crippen molar-refractivity contribution in [2.75, 3.05) is 12.5 Å². The van der Waals surface area contributed by atoms with Crippen LogP contribution in [0.25, 0.3) is 10.9 Å². The van der Waals surface area contributed by atoms with E-state index in [-0.39, 0.29) is 0 Å². The summed E-state index contributed by atoms with van der Waals surface area (Å²) in [4.78, 5) is 6.96. The maximum absolute atomic E-state index is 4.37. The van der Waals surface area contributed by atoms with Crippen molar-refractivity contribution in [2.45, 2.75) is 9.79 Å². The van der Waals surface area contributed by atoms with E-state index in [1.807, 2.05) is 12.3 Å². The van der Waals surface area contributed by atoms with Gasteiger partial charge in [0.1, 0.15) is 0 Å². The van der Waals surface area contributed by atoms with Crippen molar-refractivity contribution in [3.63, 3.8) is 0 Å². The molecule has 1 aromatic heterocycles. The third kappa shape index (κ3) is 1.74. The van der Waals surface area contributed by atoms with E-state index in [9.17, 15) is 0 Å². The van der Waals surface area contributed by atoms with Crippen LogP contribution in [-0.4, -0.2) is 17.5 Å². The van der Waals surface area contributed by atoms with Gasteiger partial charge >= 0.3 is 0 Å². The van der Waals surface area contributed by atoms with E-state index in [0.717, 1.165) is 5.52 Å². The van der Waals surface area contributed by atoms with Crippen LogP contribution in [0.1, 0.15) is 0 Å². The largest absolute Gasteiger partial charge is 0.256 e. The third-order valence-electron chi connectivity index (χ3n) is 2.11. The maximum Gasteiger partial charge on any atom is 0.0724 e. The highest BCUT2D eigenvalue weighted by Crippen LogP contribution is 2.30. The Morgan fingerprint density at radius 2 is 2.00 bits per heavy atom. The van der Waals surface area contributed by atoms with Crippen molar-refractivity contribution < 1.29 is 0 Å². The first-order valence-corrected chi connectivity index (χ1v) is 6.77. The monoisotopic (exact) mass is 221 g/mol. The number of pyridine rings is 1. The first-order valence-electron chi connectivity index (χ1n) is 4.32. The van der Waals surface area contributed by atoms with Crippen molar-refractivity contribution in [1.29, 1.82) is 0 Å². The van der Waals surface area contributed by atoms with Gasteiger partial charge in [0.15, 0.2) is 0 Å². The Morgan fingerprint density at radius 1 is 1.14 bits per heavy atom. The summed E-state index contributed by atoms with van der Waals surface area (Å²) in [6, 6.07) is 8.47. The highest BCUT2D eigenvalue weighted by Gasteiger charge is 2.02. The van der Waals surface area contributed by atoms with E-state index >= 15 is 0 Å². The number of fused-ring (bicyclic) bond motifs is 1. The van der Waals surface area contributed by atoms with Crippen molar-refractivity contribution in [3.8, 4) is 0 Å². The molecule has 0 saturated heterocycles. The predicted molar refractivity (Wildman–Crippen MR) is 65.3 cm³/mol. The summed E-state index contributed by atoms with van der Waals surface area (Å²) in [6.45, 7) is 0. The molecule has 2 aromatic rings. The van der Waals surface area contributed by atoms with E-state index in [4.69, 9.17) is 0 Å². The van der Waals surface area contributed by atoms with E-state index in [0.29, 0.717) is 0 Å². The highest BCUT2D eigenvalue weighted by atomic mass is 32.2. The minimum atomic E-state index is 1.09. The van der Waals surface area contributed by atoms with E-state index in [2.05, 4.69) is 35.7 Å². The van der Waals surface area contributed by atoms with Crippen molar-refractivity contribution in [1.82, 2.24) is 4.98 Å². The Kier molecular flexibility index (Phi) is 2.99. The SMILES string of the molecule is CSc1cc(SC)c2cccnc2c1. The second kappa shape index (κ2) is 4.24. The molecular formula is C11H11NS2. The van der Waals surface area contributed by atoms with Crippen LogP contribution >= 0.6 is 23.5 Å². The van der Waals surface area contributed by atoms with Gasteiger partial charge in [0.2, 0.25) is 0 Å². The van der Waals surface area contributed by atoms with Crippen molar-refractivity contribution in [3.05, 3.63) is 30.5 Å². The number of rotatable bonds is 2. The summed E-state index contributed by atoms with van der Waals surface area (Å²) in [6.07, 6.45) is 6.04. The number of hydrogen-bond acceptors (Lipinski definition) is 3. The molecule has 3 heteroatoms. The van der Waals surface area contributed by atoms with Gasteiger partial charge in [0.25, 0.3) is 0 Å². The Bertz CT molecular complexity index is 454. The molecule has 0 fully saturated rings. The van der Waals surface area contributed by atoms with Crippen LogP contribution < -0.4 is 0 Å². The van der Waals surface area contributed by atoms with Crippen molar-refractivity contribution >= 4 is 34.4 Å². The number of nitrogens with zero attached hydrogens (tertiary/aromatic N) is 1. The standard InChI is InChI=1S/C11H11NS2/c1-13-8-6-10-9(4-3-5-12-10)11(7-8)14-2/h3-7H,1-2H3. The van der Waals surface area contributed by atoms with Crippen molar-refractivity contribution in [2.24, 2.45) is 0 Å². The van der Waals surface area contributed by atoms with Gasteiger partial charge in [0, 0.05) is 21.4 Å². The summed E-state index contributed by atoms with van der Waals surface area (Å²) in [5, 5.41) is 1.25. The van der Waals surface area contributed by atoms with Gasteiger partial charge in [-0.25, -0.2) is 0 Å². The summed E-state index contributed by atoms with van der Waals surface area (Å²) in [5.74, 6) is 0. The van der Waals surface area contributed by atoms with Crippen LogP contribution in [0.2, 0.25) is 0 Å². The molecule has 0 aliphatic carbocycles. The fourth-order valence-electron chi connectivity index (χ4n) is 1.41. The molecule has 0 N–H and O–H groups in total. The Balaban J connectivity index is 2.73. The molecule has 1 heterocycles. The first kappa shape index (κ1) is 9.87. The minimum absolute atomic E-state index is 1.09. The molecule has 72 valence electrons. The Morgan fingerprint density at radius 3 is 2.71 bits per heavy atom. The zero-order valence-electron chi connectivity index (χ0n) is 8.15. The third-order valence-corrected chi connectivity index (χ3v) is 3.60. The van der Waals surface area contributed by atoms with E-state index in [1.54, 1.807) is 23.5 Å². The van der Waals surface area contributed by atoms with Gasteiger partial charge in [0.05, 0.1) is 5.52 Å². The molecule has 0 aliphatic heterocycles. The topological polar surface area (TPSA) is 12.9 Å². The molecule has 0 spiro atoms. The first-order chi connectivity index (χ1) is 6.85. The number of benzene rings is 1. The molecule has 0 aliphatic rings. The van der Waals surface area contributed by atoms with Crippen LogP contribution in [0.5, 0.6) is 0 Å². The molecule has 0 amide bonds. The second-order valence-corrected chi connectivity index (χ2v) is 4.63. The van der Waals surface area contributed by atoms with Crippen LogP contribution in [0.15, 0.2) is 40.3 Å². The molecule has 14 heavy (non-hydrogen) atoms. The minimum Gasteiger partial charge on any atom is -0.256 e. The maximum atomic E-state index is 4.37. The number of thioether (sulfide) groups is 2. The number of hydrogen-bond donors (Lipinski definition) is 0. The lowest BCUT2D eigenvalue weighted by molar-refractivity contribution is 1.33. The summed E-state index contributed by atoms with van der Waals surface area (Å²) < 4.78 is 0. The fraction of sp³-hybridized carbons (Fsp3) is 0.182. The lowest BCUT2D eigenvalue weighted by Crippen LogP contribution is -1.82. The fourth-order valence-corrected chi connectivity index (χ4v) is 2.59. The van der Waals surface area contributed by atoms with Crippen LogP contribution in [0.3, 0.4) is 0 Å². The average Bonchev–Trinajstić information content (AvgIpc) is 2.27. The van der Waals surface area contributed by atoms with Gasteiger partial charge < -0.3 is 0 Å². The zero-order chi connectivity index (χ0) is 9.97. The lowest BCUT2D eigenvalue weighted by atomic mass is 10.2. The average molecular weight is 221 g/mol. The highest BCUT2D eigenvalue weighted by molar-refractivity contribution is 7.99. The molecule has 0 atom stereocenters. The van der Waals surface area contributed by atoms with Crippen LogP contribution in [0.4, 0.5) is 0 Å². The molecule has 0 saturated carbocycles. The summed E-state index contributed by atoms with van der Waals surface area (Å²) in [5.41, 5.74) is 1.09. The van der Waals surface area contributed by atoms with Gasteiger partial charge in [-0.05, 0) is 30.7 Å². The van der Waals surface area contributed by atoms with Gasteiger partial charge in [-0.3, -0.25) is 4.98 Å². The lowest BCUT2D eigenvalue weighted by Gasteiger charge is -2.05. The second-order valence-electron chi connectivity index (χ2n) is 2.90. The molecule has 2 rings (SSSR count). The van der Waals surface area contributed by atoms with E-state index in [1.165, 1.54) is 15.2 Å². The van der Waals surface area contributed by atoms with Gasteiger partial charge in [-0.15, -0.1) is 23.5 Å². The molecule has 0 bridgehead atoms. The zero-order valence-corrected chi connectivity index (χ0v) is 9.78. The van der Waals surface area contributed by atoms with Crippen LogP contribution in [-0.2, 0) is 0 Å². The van der Waals surface area contributed by atoms with Crippen LogP contribution in [0, 0.1) is 0 Å². The Hall–Kier alpha value is -0.670.